The number of rotatable bonds is 2. The summed E-state index contributed by atoms with van der Waals surface area (Å²) >= 11 is 0. The van der Waals surface area contributed by atoms with E-state index in [0.29, 0.717) is 12.1 Å². The van der Waals surface area contributed by atoms with Crippen LogP contribution in [0.3, 0.4) is 0 Å². The zero-order valence-electron chi connectivity index (χ0n) is 7.83. The lowest BCUT2D eigenvalue weighted by Crippen LogP contribution is -2.46. The molecule has 12 heavy (non-hydrogen) atoms. The Bertz CT molecular complexity index is 206. The molecule has 1 saturated carbocycles. The van der Waals surface area contributed by atoms with E-state index in [1.54, 1.807) is 0 Å². The first-order valence-electron chi connectivity index (χ1n) is 4.78. The Kier molecular flexibility index (Phi) is 1.74. The molecular formula is C9H17N3. The second kappa shape index (κ2) is 2.64. The van der Waals surface area contributed by atoms with Crippen LogP contribution in [0.25, 0.3) is 0 Å². The summed E-state index contributed by atoms with van der Waals surface area (Å²) in [7, 11) is 0. The smallest absolute Gasteiger partial charge is 0.191 e. The summed E-state index contributed by atoms with van der Waals surface area (Å²) in [6, 6.07) is 1.12. The van der Waals surface area contributed by atoms with Crippen molar-refractivity contribution in [3.05, 3.63) is 0 Å². The highest BCUT2D eigenvalue weighted by molar-refractivity contribution is 5.80. The normalized spacial score (nSPS) is 29.8. The number of aliphatic imine (C=N–C) groups is 1. The van der Waals surface area contributed by atoms with Crippen molar-refractivity contribution in [1.82, 2.24) is 4.90 Å². The van der Waals surface area contributed by atoms with Crippen molar-refractivity contribution in [2.24, 2.45) is 16.6 Å². The molecule has 2 rings (SSSR count). The molecule has 1 heterocycles. The third-order valence-electron chi connectivity index (χ3n) is 2.78. The minimum atomic E-state index is 0.502. The minimum absolute atomic E-state index is 0.502. The first kappa shape index (κ1) is 7.90. The van der Waals surface area contributed by atoms with Crippen LogP contribution < -0.4 is 5.73 Å². The average molecular weight is 167 g/mol. The lowest BCUT2D eigenvalue weighted by molar-refractivity contribution is 0.262. The van der Waals surface area contributed by atoms with Gasteiger partial charge in [-0.3, -0.25) is 4.99 Å². The molecule has 0 radical (unpaired) electrons. The highest BCUT2D eigenvalue weighted by Gasteiger charge is 2.39. The van der Waals surface area contributed by atoms with E-state index in [4.69, 9.17) is 5.73 Å². The Morgan fingerprint density at radius 3 is 2.67 bits per heavy atom. The van der Waals surface area contributed by atoms with E-state index >= 15 is 0 Å². The van der Waals surface area contributed by atoms with Crippen LogP contribution in [0.2, 0.25) is 0 Å². The maximum Gasteiger partial charge on any atom is 0.191 e. The zero-order valence-corrected chi connectivity index (χ0v) is 7.83. The Labute approximate surface area is 73.6 Å². The third-order valence-corrected chi connectivity index (χ3v) is 2.78. The summed E-state index contributed by atoms with van der Waals surface area (Å²) in [5, 5.41) is 0. The van der Waals surface area contributed by atoms with Crippen LogP contribution in [-0.4, -0.2) is 29.5 Å². The summed E-state index contributed by atoms with van der Waals surface area (Å²) in [4.78, 5) is 6.58. The second-order valence-corrected chi connectivity index (χ2v) is 4.10. The van der Waals surface area contributed by atoms with Gasteiger partial charge >= 0.3 is 0 Å². The predicted molar refractivity (Wildman–Crippen MR) is 50.0 cm³/mol. The molecule has 0 spiro atoms. The molecule has 1 aliphatic heterocycles. The van der Waals surface area contributed by atoms with E-state index < -0.39 is 0 Å². The summed E-state index contributed by atoms with van der Waals surface area (Å²) in [6.07, 6.45) is 2.74. The number of guanidine groups is 1. The van der Waals surface area contributed by atoms with Gasteiger partial charge in [-0.25, -0.2) is 0 Å². The van der Waals surface area contributed by atoms with E-state index in [0.717, 1.165) is 18.4 Å². The maximum absolute atomic E-state index is 5.81. The van der Waals surface area contributed by atoms with Crippen molar-refractivity contribution in [2.45, 2.75) is 38.8 Å². The van der Waals surface area contributed by atoms with Crippen LogP contribution in [0.5, 0.6) is 0 Å². The van der Waals surface area contributed by atoms with Gasteiger partial charge in [0.2, 0.25) is 0 Å². The molecule has 0 aromatic heterocycles. The van der Waals surface area contributed by atoms with E-state index in [9.17, 15) is 0 Å². The molecule has 1 atom stereocenters. The highest BCUT2D eigenvalue weighted by Crippen LogP contribution is 2.37. The molecule has 3 nitrogen and oxygen atoms in total. The van der Waals surface area contributed by atoms with Gasteiger partial charge in [0, 0.05) is 6.04 Å². The number of nitrogens with two attached hydrogens (primary N) is 1. The van der Waals surface area contributed by atoms with Crippen LogP contribution in [0, 0.1) is 5.92 Å². The lowest BCUT2D eigenvalue weighted by Gasteiger charge is -2.30. The molecule has 2 N–H and O–H groups in total. The SMILES string of the molecule is CC(C)N1C(N)=NCC1C1CC1. The van der Waals surface area contributed by atoms with Gasteiger partial charge < -0.3 is 10.6 Å². The molecule has 0 amide bonds. The Balaban J connectivity index is 2.07. The largest absolute Gasteiger partial charge is 0.370 e. The zero-order chi connectivity index (χ0) is 8.72. The Morgan fingerprint density at radius 2 is 2.17 bits per heavy atom. The first-order valence-corrected chi connectivity index (χ1v) is 4.78. The lowest BCUT2D eigenvalue weighted by atomic mass is 10.1. The van der Waals surface area contributed by atoms with E-state index in [2.05, 4.69) is 23.7 Å². The highest BCUT2D eigenvalue weighted by atomic mass is 15.3. The molecule has 2 aliphatic rings. The first-order chi connectivity index (χ1) is 5.70. The van der Waals surface area contributed by atoms with Crippen molar-refractivity contribution in [1.29, 1.82) is 0 Å². The van der Waals surface area contributed by atoms with Crippen LogP contribution in [0.15, 0.2) is 4.99 Å². The minimum Gasteiger partial charge on any atom is -0.370 e. The number of hydrogen-bond donors (Lipinski definition) is 1. The fraction of sp³-hybridized carbons (Fsp3) is 0.889. The molecule has 0 aromatic carbocycles. The molecule has 0 bridgehead atoms. The summed E-state index contributed by atoms with van der Waals surface area (Å²) < 4.78 is 0. The maximum atomic E-state index is 5.81. The molecule has 0 saturated heterocycles. The van der Waals surface area contributed by atoms with Gasteiger partial charge in [-0.2, -0.15) is 0 Å². The molecule has 3 heteroatoms. The molecule has 1 fully saturated rings. The van der Waals surface area contributed by atoms with Gasteiger partial charge in [0.1, 0.15) is 0 Å². The monoisotopic (exact) mass is 167 g/mol. The second-order valence-electron chi connectivity index (χ2n) is 4.10. The van der Waals surface area contributed by atoms with Gasteiger partial charge in [0.15, 0.2) is 5.96 Å². The van der Waals surface area contributed by atoms with Crippen LogP contribution in [0.1, 0.15) is 26.7 Å². The topological polar surface area (TPSA) is 41.6 Å². The summed E-state index contributed by atoms with van der Waals surface area (Å²) in [6.45, 7) is 5.29. The van der Waals surface area contributed by atoms with Crippen LogP contribution in [-0.2, 0) is 0 Å². The summed E-state index contributed by atoms with van der Waals surface area (Å²) in [5.74, 6) is 1.62. The molecule has 1 unspecified atom stereocenters. The van der Waals surface area contributed by atoms with Gasteiger partial charge in [-0.05, 0) is 32.6 Å². The van der Waals surface area contributed by atoms with Gasteiger partial charge in [0.05, 0.1) is 12.6 Å². The third kappa shape index (κ3) is 1.17. The van der Waals surface area contributed by atoms with Gasteiger partial charge in [0.25, 0.3) is 0 Å². The summed E-state index contributed by atoms with van der Waals surface area (Å²) in [5.41, 5.74) is 5.81. The van der Waals surface area contributed by atoms with E-state index in [-0.39, 0.29) is 0 Å². The van der Waals surface area contributed by atoms with Crippen LogP contribution >= 0.6 is 0 Å². The van der Waals surface area contributed by atoms with Crippen molar-refractivity contribution >= 4 is 5.96 Å². The van der Waals surface area contributed by atoms with Gasteiger partial charge in [-0.1, -0.05) is 0 Å². The van der Waals surface area contributed by atoms with Crippen molar-refractivity contribution < 1.29 is 0 Å². The predicted octanol–water partition coefficient (Wildman–Crippen LogP) is 0.804. The van der Waals surface area contributed by atoms with Crippen molar-refractivity contribution in [3.63, 3.8) is 0 Å². The molecule has 0 aromatic rings. The Morgan fingerprint density at radius 1 is 1.50 bits per heavy atom. The Hall–Kier alpha value is -0.730. The average Bonchev–Trinajstić information content (AvgIpc) is 2.75. The number of hydrogen-bond acceptors (Lipinski definition) is 3. The molecule has 1 aliphatic carbocycles. The standard InChI is InChI=1S/C9H17N3/c1-6(2)12-8(7-3-4-7)5-11-9(12)10/h6-8H,3-5H2,1-2H3,(H2,10,11). The van der Waals surface area contributed by atoms with E-state index in [1.165, 1.54) is 12.8 Å². The van der Waals surface area contributed by atoms with Crippen LogP contribution in [0.4, 0.5) is 0 Å². The van der Waals surface area contributed by atoms with Crippen molar-refractivity contribution in [2.75, 3.05) is 6.54 Å². The molecule has 68 valence electrons. The quantitative estimate of drug-likeness (QED) is 0.661. The van der Waals surface area contributed by atoms with E-state index in [1.807, 2.05) is 0 Å². The fourth-order valence-electron chi connectivity index (χ4n) is 2.03. The van der Waals surface area contributed by atoms with Gasteiger partial charge in [-0.15, -0.1) is 0 Å². The molecular weight excluding hydrogens is 150 g/mol. The van der Waals surface area contributed by atoms with Crippen molar-refractivity contribution in [3.8, 4) is 0 Å². The fourth-order valence-corrected chi connectivity index (χ4v) is 2.03. The number of nitrogens with zero attached hydrogens (tertiary/aromatic N) is 2.